The summed E-state index contributed by atoms with van der Waals surface area (Å²) in [6.07, 6.45) is 0.210. The molecule has 1 aromatic rings. The summed E-state index contributed by atoms with van der Waals surface area (Å²) >= 11 is 3.18. The van der Waals surface area contributed by atoms with Gasteiger partial charge >= 0.3 is 5.97 Å². The maximum atomic E-state index is 10.6. The van der Waals surface area contributed by atoms with Crippen molar-refractivity contribution in [1.29, 1.82) is 0 Å². The molecule has 1 atom stereocenters. The zero-order valence-electron chi connectivity index (χ0n) is 8.20. The molecule has 0 aliphatic rings. The van der Waals surface area contributed by atoms with Gasteiger partial charge in [0, 0.05) is 0 Å². The van der Waals surface area contributed by atoms with Gasteiger partial charge in [0.1, 0.15) is 11.8 Å². The van der Waals surface area contributed by atoms with E-state index in [2.05, 4.69) is 15.9 Å². The maximum Gasteiger partial charge on any atom is 0.320 e. The predicted molar refractivity (Wildman–Crippen MR) is 59.9 cm³/mol. The molecule has 82 valence electrons. The second kappa shape index (κ2) is 4.63. The summed E-state index contributed by atoms with van der Waals surface area (Å²) in [7, 11) is 0. The lowest BCUT2D eigenvalue weighted by molar-refractivity contribution is -0.138. The van der Waals surface area contributed by atoms with Crippen LogP contribution in [0.2, 0.25) is 0 Å². The minimum atomic E-state index is -1.04. The summed E-state index contributed by atoms with van der Waals surface area (Å²) in [5, 5.41) is 18.1. The van der Waals surface area contributed by atoms with Crippen molar-refractivity contribution >= 4 is 21.9 Å². The highest BCUT2D eigenvalue weighted by atomic mass is 79.9. The molecule has 0 bridgehead atoms. The van der Waals surface area contributed by atoms with Crippen LogP contribution in [0.1, 0.15) is 11.1 Å². The van der Waals surface area contributed by atoms with E-state index >= 15 is 0 Å². The van der Waals surface area contributed by atoms with E-state index in [9.17, 15) is 9.90 Å². The molecule has 0 aliphatic carbocycles. The second-order valence-electron chi connectivity index (χ2n) is 3.38. The van der Waals surface area contributed by atoms with E-state index in [-0.39, 0.29) is 12.2 Å². The van der Waals surface area contributed by atoms with Crippen LogP contribution < -0.4 is 5.73 Å². The van der Waals surface area contributed by atoms with Gasteiger partial charge < -0.3 is 15.9 Å². The van der Waals surface area contributed by atoms with Crippen molar-refractivity contribution in [2.75, 3.05) is 0 Å². The van der Waals surface area contributed by atoms with Crippen molar-refractivity contribution in [1.82, 2.24) is 0 Å². The first-order valence-electron chi connectivity index (χ1n) is 4.38. The fraction of sp³-hybridized carbons (Fsp3) is 0.300. The van der Waals surface area contributed by atoms with Gasteiger partial charge in [-0.15, -0.1) is 0 Å². The molecule has 1 unspecified atom stereocenters. The molecule has 0 spiro atoms. The maximum absolute atomic E-state index is 10.6. The van der Waals surface area contributed by atoms with Gasteiger partial charge in [0.2, 0.25) is 0 Å². The lowest BCUT2D eigenvalue weighted by Crippen LogP contribution is -2.32. The number of carboxylic acids is 1. The lowest BCUT2D eigenvalue weighted by Gasteiger charge is -2.10. The van der Waals surface area contributed by atoms with Crippen LogP contribution in [0.3, 0.4) is 0 Å². The number of carboxylic acid groups (broad SMARTS) is 1. The molecule has 0 saturated carbocycles. The van der Waals surface area contributed by atoms with E-state index in [1.165, 1.54) is 6.07 Å². The molecule has 4 nitrogen and oxygen atoms in total. The standard InChI is InChI=1S/C10H12BrNO3/c1-5-2-7(11)9(13)4-6(5)3-8(12)10(14)15/h2,4,8,13H,3,12H2,1H3,(H,14,15). The SMILES string of the molecule is Cc1cc(Br)c(O)cc1CC(N)C(=O)O. The Morgan fingerprint density at radius 1 is 1.60 bits per heavy atom. The first-order chi connectivity index (χ1) is 6.91. The van der Waals surface area contributed by atoms with Gasteiger partial charge in [-0.05, 0) is 52.5 Å². The lowest BCUT2D eigenvalue weighted by atomic mass is 10.0. The number of aromatic hydroxyl groups is 1. The van der Waals surface area contributed by atoms with Gasteiger partial charge in [0.25, 0.3) is 0 Å². The third-order valence-corrected chi connectivity index (χ3v) is 2.80. The number of benzene rings is 1. The second-order valence-corrected chi connectivity index (χ2v) is 4.23. The number of nitrogens with two attached hydrogens (primary N) is 1. The van der Waals surface area contributed by atoms with Crippen molar-refractivity contribution in [2.45, 2.75) is 19.4 Å². The summed E-state index contributed by atoms with van der Waals surface area (Å²) in [5.74, 6) is -0.954. The average molecular weight is 274 g/mol. The first kappa shape index (κ1) is 12.0. The van der Waals surface area contributed by atoms with E-state index in [4.69, 9.17) is 10.8 Å². The number of hydrogen-bond donors (Lipinski definition) is 3. The molecule has 0 amide bonds. The smallest absolute Gasteiger partial charge is 0.320 e. The number of aliphatic carboxylic acids is 1. The fourth-order valence-electron chi connectivity index (χ4n) is 1.25. The Morgan fingerprint density at radius 2 is 2.20 bits per heavy atom. The van der Waals surface area contributed by atoms with E-state index in [1.54, 1.807) is 6.07 Å². The summed E-state index contributed by atoms with van der Waals surface area (Å²) in [6, 6.07) is 2.32. The van der Waals surface area contributed by atoms with Crippen LogP contribution in [0.15, 0.2) is 16.6 Å². The highest BCUT2D eigenvalue weighted by Gasteiger charge is 2.14. The summed E-state index contributed by atoms with van der Waals surface area (Å²) < 4.78 is 0.590. The summed E-state index contributed by atoms with van der Waals surface area (Å²) in [6.45, 7) is 1.84. The molecule has 0 aliphatic heterocycles. The van der Waals surface area contributed by atoms with Gasteiger partial charge in [-0.1, -0.05) is 0 Å². The molecule has 0 fully saturated rings. The van der Waals surface area contributed by atoms with Crippen molar-refractivity contribution in [3.63, 3.8) is 0 Å². The van der Waals surface area contributed by atoms with Gasteiger partial charge in [0.05, 0.1) is 4.47 Å². The largest absolute Gasteiger partial charge is 0.507 e. The number of phenols is 1. The zero-order valence-corrected chi connectivity index (χ0v) is 9.78. The topological polar surface area (TPSA) is 83.5 Å². The van der Waals surface area contributed by atoms with E-state index in [1.807, 2.05) is 6.92 Å². The van der Waals surface area contributed by atoms with Crippen LogP contribution in [-0.2, 0) is 11.2 Å². The number of phenolic OH excluding ortho intramolecular Hbond substituents is 1. The van der Waals surface area contributed by atoms with Crippen molar-refractivity contribution < 1.29 is 15.0 Å². The number of carbonyl (C=O) groups is 1. The third-order valence-electron chi connectivity index (χ3n) is 2.16. The van der Waals surface area contributed by atoms with Crippen molar-refractivity contribution in [3.05, 3.63) is 27.7 Å². The van der Waals surface area contributed by atoms with Crippen LogP contribution in [0.5, 0.6) is 5.75 Å². The Morgan fingerprint density at radius 3 is 2.73 bits per heavy atom. The minimum absolute atomic E-state index is 0.0909. The normalized spacial score (nSPS) is 12.5. The average Bonchev–Trinajstić information content (AvgIpc) is 2.13. The van der Waals surface area contributed by atoms with Crippen molar-refractivity contribution in [2.24, 2.45) is 5.73 Å². The van der Waals surface area contributed by atoms with Gasteiger partial charge in [-0.3, -0.25) is 4.79 Å². The molecule has 0 heterocycles. The molecular formula is C10H12BrNO3. The number of hydrogen-bond acceptors (Lipinski definition) is 3. The molecule has 4 N–H and O–H groups in total. The molecule has 1 rings (SSSR count). The Kier molecular flexibility index (Phi) is 3.71. The van der Waals surface area contributed by atoms with E-state index in [0.717, 1.165) is 11.1 Å². The number of rotatable bonds is 3. The van der Waals surface area contributed by atoms with E-state index in [0.29, 0.717) is 4.47 Å². The molecule has 0 saturated heterocycles. The van der Waals surface area contributed by atoms with Gasteiger partial charge in [-0.25, -0.2) is 0 Å². The Hall–Kier alpha value is -1.07. The van der Waals surface area contributed by atoms with Crippen molar-refractivity contribution in [3.8, 4) is 5.75 Å². The molecule has 15 heavy (non-hydrogen) atoms. The predicted octanol–water partition coefficient (Wildman–Crippen LogP) is 1.42. The minimum Gasteiger partial charge on any atom is -0.507 e. The summed E-state index contributed by atoms with van der Waals surface area (Å²) in [4.78, 5) is 10.6. The zero-order chi connectivity index (χ0) is 11.6. The fourth-order valence-corrected chi connectivity index (χ4v) is 1.71. The monoisotopic (exact) mass is 273 g/mol. The van der Waals surface area contributed by atoms with E-state index < -0.39 is 12.0 Å². The van der Waals surface area contributed by atoms with Crippen LogP contribution in [0.25, 0.3) is 0 Å². The van der Waals surface area contributed by atoms with Gasteiger partial charge in [-0.2, -0.15) is 0 Å². The highest BCUT2D eigenvalue weighted by Crippen LogP contribution is 2.27. The van der Waals surface area contributed by atoms with Gasteiger partial charge in [0.15, 0.2) is 0 Å². The van der Waals surface area contributed by atoms with Crippen LogP contribution in [0.4, 0.5) is 0 Å². The third kappa shape index (κ3) is 2.94. The molecule has 0 radical (unpaired) electrons. The molecule has 5 heteroatoms. The van der Waals surface area contributed by atoms with Crippen LogP contribution in [0, 0.1) is 6.92 Å². The highest BCUT2D eigenvalue weighted by molar-refractivity contribution is 9.10. The van der Waals surface area contributed by atoms with Crippen LogP contribution >= 0.6 is 15.9 Å². The quantitative estimate of drug-likeness (QED) is 0.778. The Balaban J connectivity index is 2.95. The Bertz CT molecular complexity index is 392. The number of halogens is 1. The summed E-state index contributed by atoms with van der Waals surface area (Å²) in [5.41, 5.74) is 7.05. The number of aryl methyl sites for hydroxylation is 1. The van der Waals surface area contributed by atoms with Crippen LogP contribution in [-0.4, -0.2) is 22.2 Å². The Labute approximate surface area is 95.8 Å². The molecule has 1 aromatic carbocycles. The first-order valence-corrected chi connectivity index (χ1v) is 5.17. The molecular weight excluding hydrogens is 262 g/mol. The molecule has 0 aromatic heterocycles.